The summed E-state index contributed by atoms with van der Waals surface area (Å²) in [4.78, 5) is 28.8. The molecule has 0 spiro atoms. The average Bonchev–Trinajstić information content (AvgIpc) is 3.23. The van der Waals surface area contributed by atoms with Crippen molar-refractivity contribution in [3.8, 4) is 11.4 Å². The van der Waals surface area contributed by atoms with Crippen LogP contribution < -0.4 is 10.6 Å². The van der Waals surface area contributed by atoms with Crippen molar-refractivity contribution in [2.45, 2.75) is 18.0 Å². The highest BCUT2D eigenvalue weighted by molar-refractivity contribution is 7.99. The van der Waals surface area contributed by atoms with E-state index < -0.39 is 0 Å². The Hall–Kier alpha value is -3.98. The standard InChI is InChI=1S/C25H24N6O2S/c1-31-24(19-12-14-26-15-13-19)29-30-25(31)34-17-23(33)28-21-9-5-8-20(16-21)27-22(32)11-10-18-6-3-2-4-7-18/h2-9,12-16H,10-11,17H2,1H3,(H,27,32)(H,28,33). The number of aromatic nitrogens is 4. The molecule has 2 heterocycles. The Morgan fingerprint density at radius 2 is 1.59 bits per heavy atom. The zero-order valence-corrected chi connectivity index (χ0v) is 19.5. The predicted octanol–water partition coefficient (Wildman–Crippen LogP) is 4.18. The van der Waals surface area contributed by atoms with Crippen LogP contribution >= 0.6 is 11.8 Å². The number of rotatable bonds is 9. The van der Waals surface area contributed by atoms with Crippen LogP contribution in [-0.4, -0.2) is 37.3 Å². The summed E-state index contributed by atoms with van der Waals surface area (Å²) < 4.78 is 1.85. The number of amides is 2. The second-order valence-corrected chi connectivity index (χ2v) is 8.50. The molecular weight excluding hydrogens is 448 g/mol. The Balaban J connectivity index is 1.28. The normalized spacial score (nSPS) is 10.6. The number of hydrogen-bond donors (Lipinski definition) is 2. The summed E-state index contributed by atoms with van der Waals surface area (Å²) in [5.74, 6) is 0.637. The van der Waals surface area contributed by atoms with Crippen molar-refractivity contribution in [2.75, 3.05) is 16.4 Å². The second-order valence-electron chi connectivity index (χ2n) is 7.55. The smallest absolute Gasteiger partial charge is 0.234 e. The van der Waals surface area contributed by atoms with Crippen LogP contribution in [0.25, 0.3) is 11.4 Å². The van der Waals surface area contributed by atoms with Gasteiger partial charge in [-0.1, -0.05) is 48.2 Å². The van der Waals surface area contributed by atoms with Crippen molar-refractivity contribution in [1.29, 1.82) is 0 Å². The Morgan fingerprint density at radius 3 is 2.32 bits per heavy atom. The first-order valence-corrected chi connectivity index (χ1v) is 11.7. The third kappa shape index (κ3) is 6.29. The minimum Gasteiger partial charge on any atom is -0.326 e. The van der Waals surface area contributed by atoms with Crippen LogP contribution in [0.1, 0.15) is 12.0 Å². The Kier molecular flexibility index (Phi) is 7.67. The van der Waals surface area contributed by atoms with Gasteiger partial charge >= 0.3 is 0 Å². The van der Waals surface area contributed by atoms with Crippen LogP contribution in [0.15, 0.2) is 84.3 Å². The molecule has 0 bridgehead atoms. The van der Waals surface area contributed by atoms with Crippen LogP contribution in [0, 0.1) is 0 Å². The van der Waals surface area contributed by atoms with Gasteiger partial charge in [0.05, 0.1) is 5.75 Å². The van der Waals surface area contributed by atoms with Crippen molar-refractivity contribution in [3.05, 3.63) is 84.7 Å². The number of nitrogens with zero attached hydrogens (tertiary/aromatic N) is 4. The van der Waals surface area contributed by atoms with Crippen molar-refractivity contribution >= 4 is 35.0 Å². The number of carbonyl (C=O) groups is 2. The minimum atomic E-state index is -0.175. The molecule has 0 saturated carbocycles. The number of anilines is 2. The Bertz CT molecular complexity index is 1260. The van der Waals surface area contributed by atoms with Crippen LogP contribution in [0.4, 0.5) is 11.4 Å². The maximum Gasteiger partial charge on any atom is 0.234 e. The minimum absolute atomic E-state index is 0.0739. The summed E-state index contributed by atoms with van der Waals surface area (Å²) in [7, 11) is 1.86. The van der Waals surface area contributed by atoms with Crippen LogP contribution in [0.5, 0.6) is 0 Å². The molecule has 8 nitrogen and oxygen atoms in total. The first-order valence-electron chi connectivity index (χ1n) is 10.7. The maximum absolute atomic E-state index is 12.5. The van der Waals surface area contributed by atoms with E-state index in [1.165, 1.54) is 11.8 Å². The lowest BCUT2D eigenvalue weighted by molar-refractivity contribution is -0.116. The molecule has 9 heteroatoms. The Labute approximate surface area is 201 Å². The molecule has 4 rings (SSSR count). The number of thioether (sulfide) groups is 1. The van der Waals surface area contributed by atoms with Crippen molar-refractivity contribution < 1.29 is 9.59 Å². The number of nitrogens with one attached hydrogen (secondary N) is 2. The highest BCUT2D eigenvalue weighted by Gasteiger charge is 2.13. The quantitative estimate of drug-likeness (QED) is 0.355. The van der Waals surface area contributed by atoms with E-state index in [1.807, 2.05) is 54.1 Å². The molecule has 0 atom stereocenters. The monoisotopic (exact) mass is 472 g/mol. The van der Waals surface area contributed by atoms with Crippen molar-refractivity contribution in [1.82, 2.24) is 19.7 Å². The summed E-state index contributed by atoms with van der Waals surface area (Å²) in [5, 5.41) is 14.8. The van der Waals surface area contributed by atoms with Gasteiger partial charge in [-0.05, 0) is 42.3 Å². The summed E-state index contributed by atoms with van der Waals surface area (Å²) >= 11 is 1.30. The number of pyridine rings is 1. The molecule has 2 N–H and O–H groups in total. The van der Waals surface area contributed by atoms with Crippen molar-refractivity contribution in [2.24, 2.45) is 7.05 Å². The molecule has 4 aromatic rings. The van der Waals surface area contributed by atoms with E-state index in [0.717, 1.165) is 11.1 Å². The molecule has 2 aromatic heterocycles. The molecule has 0 saturated heterocycles. The third-order valence-corrected chi connectivity index (χ3v) is 6.04. The van der Waals surface area contributed by atoms with E-state index in [0.29, 0.717) is 35.2 Å². The van der Waals surface area contributed by atoms with Gasteiger partial charge in [-0.3, -0.25) is 14.6 Å². The lowest BCUT2D eigenvalue weighted by Crippen LogP contribution is -2.15. The second kappa shape index (κ2) is 11.2. The lowest BCUT2D eigenvalue weighted by Gasteiger charge is -2.09. The highest BCUT2D eigenvalue weighted by atomic mass is 32.2. The molecule has 2 aromatic carbocycles. The fourth-order valence-electron chi connectivity index (χ4n) is 3.32. The topological polar surface area (TPSA) is 102 Å². The number of carbonyl (C=O) groups excluding carboxylic acids is 2. The molecule has 0 aliphatic carbocycles. The first-order chi connectivity index (χ1) is 16.6. The van der Waals surface area contributed by atoms with Gasteiger partial charge in [-0.2, -0.15) is 0 Å². The van der Waals surface area contributed by atoms with Crippen molar-refractivity contribution in [3.63, 3.8) is 0 Å². The predicted molar refractivity (Wildman–Crippen MR) is 133 cm³/mol. The summed E-state index contributed by atoms with van der Waals surface area (Å²) in [6.07, 6.45) is 4.45. The van der Waals surface area contributed by atoms with Gasteiger partial charge in [0.15, 0.2) is 11.0 Å². The molecule has 2 amide bonds. The molecule has 0 aliphatic rings. The van der Waals surface area contributed by atoms with Crippen LogP contribution in [0.2, 0.25) is 0 Å². The molecule has 0 aliphatic heterocycles. The summed E-state index contributed by atoms with van der Waals surface area (Å²) in [6, 6.07) is 20.7. The van der Waals surface area contributed by atoms with E-state index in [2.05, 4.69) is 25.8 Å². The van der Waals surface area contributed by atoms with Gasteiger partial charge in [0.25, 0.3) is 0 Å². The van der Waals surface area contributed by atoms with E-state index >= 15 is 0 Å². The molecule has 172 valence electrons. The lowest BCUT2D eigenvalue weighted by atomic mass is 10.1. The molecule has 0 radical (unpaired) electrons. The summed E-state index contributed by atoms with van der Waals surface area (Å²) in [6.45, 7) is 0. The van der Waals surface area contributed by atoms with Gasteiger partial charge in [-0.15, -0.1) is 10.2 Å². The number of hydrogen-bond acceptors (Lipinski definition) is 6. The van der Waals surface area contributed by atoms with Crippen LogP contribution in [0.3, 0.4) is 0 Å². The fraction of sp³-hybridized carbons (Fsp3) is 0.160. The molecular formula is C25H24N6O2S. The average molecular weight is 473 g/mol. The van der Waals surface area contributed by atoms with Gasteiger partial charge < -0.3 is 15.2 Å². The molecule has 34 heavy (non-hydrogen) atoms. The highest BCUT2D eigenvalue weighted by Crippen LogP contribution is 2.22. The number of benzene rings is 2. The van der Waals surface area contributed by atoms with Gasteiger partial charge in [0.1, 0.15) is 0 Å². The largest absolute Gasteiger partial charge is 0.326 e. The van der Waals surface area contributed by atoms with Crippen LogP contribution in [-0.2, 0) is 23.1 Å². The van der Waals surface area contributed by atoms with E-state index in [1.54, 1.807) is 36.7 Å². The third-order valence-electron chi connectivity index (χ3n) is 5.02. The maximum atomic E-state index is 12.5. The first kappa shape index (κ1) is 23.2. The molecule has 0 fully saturated rings. The molecule has 0 unspecified atom stereocenters. The van der Waals surface area contributed by atoms with Gasteiger partial charge in [0.2, 0.25) is 11.8 Å². The zero-order valence-electron chi connectivity index (χ0n) is 18.6. The van der Waals surface area contributed by atoms with E-state index in [-0.39, 0.29) is 17.6 Å². The summed E-state index contributed by atoms with van der Waals surface area (Å²) in [5.41, 5.74) is 3.27. The fourth-order valence-corrected chi connectivity index (χ4v) is 4.03. The number of aryl methyl sites for hydroxylation is 1. The van der Waals surface area contributed by atoms with E-state index in [9.17, 15) is 9.59 Å². The van der Waals surface area contributed by atoms with Gasteiger partial charge in [-0.25, -0.2) is 0 Å². The Morgan fingerprint density at radius 1 is 0.882 bits per heavy atom. The van der Waals surface area contributed by atoms with E-state index in [4.69, 9.17) is 0 Å². The van der Waals surface area contributed by atoms with Gasteiger partial charge in [0, 0.05) is 42.8 Å². The zero-order chi connectivity index (χ0) is 23.8. The SMILES string of the molecule is Cn1c(SCC(=O)Nc2cccc(NC(=O)CCc3ccccc3)c2)nnc1-c1ccncc1.